The van der Waals surface area contributed by atoms with Crippen molar-refractivity contribution in [2.75, 3.05) is 5.75 Å². The minimum absolute atomic E-state index is 0.385. The van der Waals surface area contributed by atoms with Gasteiger partial charge in [0.1, 0.15) is 0 Å². The molecule has 15 heavy (non-hydrogen) atoms. The lowest BCUT2D eigenvalue weighted by Crippen LogP contribution is -2.58. The summed E-state index contributed by atoms with van der Waals surface area (Å²) < 4.78 is 1.68. The fourth-order valence-electron chi connectivity index (χ4n) is 3.27. The van der Waals surface area contributed by atoms with Crippen molar-refractivity contribution in [2.24, 2.45) is 0 Å². The molecule has 5 heteroatoms. The maximum absolute atomic E-state index is 4.62. The Morgan fingerprint density at radius 2 is 1.33 bits per heavy atom. The summed E-state index contributed by atoms with van der Waals surface area (Å²) in [4.78, 5) is 0. The molecule has 0 aromatic carbocycles. The molecule has 86 valence electrons. The Morgan fingerprint density at radius 3 is 1.73 bits per heavy atom. The molecule has 4 bridgehead atoms. The van der Waals surface area contributed by atoms with Crippen molar-refractivity contribution in [2.45, 2.75) is 49.9 Å². The van der Waals surface area contributed by atoms with Gasteiger partial charge < -0.3 is 0 Å². The zero-order chi connectivity index (χ0) is 10.9. The van der Waals surface area contributed by atoms with Crippen molar-refractivity contribution in [3.63, 3.8) is 0 Å². The van der Waals surface area contributed by atoms with Gasteiger partial charge in [-0.2, -0.15) is 12.6 Å². The van der Waals surface area contributed by atoms with Gasteiger partial charge >= 0.3 is 0 Å². The maximum Gasteiger partial charge on any atom is 0.0747 e. The maximum atomic E-state index is 4.62. The minimum Gasteiger partial charge on any atom is -0.177 e. The van der Waals surface area contributed by atoms with Crippen molar-refractivity contribution in [1.82, 2.24) is 0 Å². The third-order valence-corrected chi connectivity index (χ3v) is 10.9. The second-order valence-corrected chi connectivity index (χ2v) is 14.4. The molecule has 0 aliphatic carbocycles. The van der Waals surface area contributed by atoms with Crippen LogP contribution < -0.4 is 0 Å². The number of thioether (sulfide) groups is 4. The Bertz CT molecular complexity index is 261. The molecule has 0 amide bonds. The third kappa shape index (κ3) is 1.79. The molecule has 0 saturated carbocycles. The summed E-state index contributed by atoms with van der Waals surface area (Å²) in [7, 11) is 0. The van der Waals surface area contributed by atoms with Crippen LogP contribution in [0.2, 0.25) is 0 Å². The summed E-state index contributed by atoms with van der Waals surface area (Å²) in [6.45, 7) is 7.32. The molecule has 4 aliphatic heterocycles. The van der Waals surface area contributed by atoms with Crippen LogP contribution in [0.5, 0.6) is 0 Å². The quantitative estimate of drug-likeness (QED) is 0.706. The SMILES string of the molecule is CC12CC3(CS)SC(C)(CC(C)(S1)S3)S2. The first-order chi connectivity index (χ1) is 6.80. The normalized spacial score (nSPS) is 62.4. The molecule has 2 atom stereocenters. The van der Waals surface area contributed by atoms with Gasteiger partial charge in [-0.3, -0.25) is 0 Å². The van der Waals surface area contributed by atoms with Crippen molar-refractivity contribution < 1.29 is 0 Å². The van der Waals surface area contributed by atoms with Crippen LogP contribution in [0.25, 0.3) is 0 Å². The third-order valence-electron chi connectivity index (χ3n) is 3.14. The van der Waals surface area contributed by atoms with Crippen LogP contribution in [-0.2, 0) is 0 Å². The Kier molecular flexibility index (Phi) is 2.52. The fraction of sp³-hybridized carbons (Fsp3) is 1.00. The van der Waals surface area contributed by atoms with Crippen LogP contribution in [0, 0.1) is 0 Å². The summed E-state index contributed by atoms with van der Waals surface area (Å²) in [6, 6.07) is 0. The highest BCUT2D eigenvalue weighted by atomic mass is 32.3. The first-order valence-corrected chi connectivity index (χ1v) is 9.12. The van der Waals surface area contributed by atoms with E-state index in [1.54, 1.807) is 0 Å². The lowest BCUT2D eigenvalue weighted by molar-refractivity contribution is 0.596. The predicted molar refractivity (Wildman–Crippen MR) is 81.4 cm³/mol. The van der Waals surface area contributed by atoms with E-state index in [1.165, 1.54) is 12.8 Å². The number of hydrogen-bond acceptors (Lipinski definition) is 5. The second kappa shape index (κ2) is 3.19. The summed E-state index contributed by atoms with van der Waals surface area (Å²) in [6.07, 6.45) is 2.63. The van der Waals surface area contributed by atoms with Gasteiger partial charge in [0.25, 0.3) is 0 Å². The smallest absolute Gasteiger partial charge is 0.0747 e. The standard InChI is InChI=1S/C10H16S5/c1-7-4-8(2)13-9(3,12-7)5-10(6-11,14-7)15-8/h11H,4-6H2,1-3H3. The van der Waals surface area contributed by atoms with E-state index in [1.807, 2.05) is 0 Å². The predicted octanol–water partition coefficient (Wildman–Crippen LogP) is 4.51. The molecule has 2 unspecified atom stereocenters. The van der Waals surface area contributed by atoms with E-state index in [4.69, 9.17) is 0 Å². The van der Waals surface area contributed by atoms with E-state index >= 15 is 0 Å². The molecule has 0 N–H and O–H groups in total. The van der Waals surface area contributed by atoms with Gasteiger partial charge in [-0.25, -0.2) is 0 Å². The molecule has 0 spiro atoms. The molecule has 0 nitrogen and oxygen atoms in total. The van der Waals surface area contributed by atoms with Crippen LogP contribution >= 0.6 is 59.7 Å². The van der Waals surface area contributed by atoms with Gasteiger partial charge in [-0.05, 0) is 33.6 Å². The van der Waals surface area contributed by atoms with Gasteiger partial charge in [0.05, 0.1) is 16.3 Å². The van der Waals surface area contributed by atoms with E-state index in [2.05, 4.69) is 80.4 Å². The van der Waals surface area contributed by atoms with Crippen LogP contribution in [0.1, 0.15) is 33.6 Å². The monoisotopic (exact) mass is 296 g/mol. The second-order valence-electron chi connectivity index (χ2n) is 5.23. The lowest BCUT2D eigenvalue weighted by atomic mass is 10.2. The molecule has 4 aliphatic rings. The van der Waals surface area contributed by atoms with E-state index in [9.17, 15) is 0 Å². The Balaban J connectivity index is 2.06. The summed E-state index contributed by atoms with van der Waals surface area (Å²) >= 11 is 13.4. The zero-order valence-electron chi connectivity index (χ0n) is 9.20. The van der Waals surface area contributed by atoms with E-state index in [-0.39, 0.29) is 0 Å². The average Bonchev–Trinajstić information content (AvgIpc) is 1.94. The molecule has 4 rings (SSSR count). The van der Waals surface area contributed by atoms with Gasteiger partial charge in [0, 0.05) is 5.75 Å². The molecule has 4 fully saturated rings. The molecular formula is C10H16S5. The fourth-order valence-corrected chi connectivity index (χ4v) is 16.4. The molecule has 4 saturated heterocycles. The molecule has 0 aromatic rings. The van der Waals surface area contributed by atoms with Crippen LogP contribution in [0.4, 0.5) is 0 Å². The van der Waals surface area contributed by atoms with Crippen molar-refractivity contribution in [3.05, 3.63) is 0 Å². The number of rotatable bonds is 1. The molecule has 0 radical (unpaired) electrons. The van der Waals surface area contributed by atoms with Crippen LogP contribution in [0.15, 0.2) is 0 Å². The highest BCUT2D eigenvalue weighted by Gasteiger charge is 2.66. The van der Waals surface area contributed by atoms with Crippen molar-refractivity contribution in [3.8, 4) is 0 Å². The topological polar surface area (TPSA) is 0 Å². The summed E-state index contributed by atoms with van der Waals surface area (Å²) in [5.41, 5.74) is 0. The largest absolute Gasteiger partial charge is 0.177 e. The lowest BCUT2D eigenvalue weighted by Gasteiger charge is -2.66. The van der Waals surface area contributed by atoms with Gasteiger partial charge in [0.2, 0.25) is 0 Å². The highest BCUT2D eigenvalue weighted by molar-refractivity contribution is 8.38. The number of hydrogen-bond donors (Lipinski definition) is 1. The molecule has 0 aromatic heterocycles. The summed E-state index contributed by atoms with van der Waals surface area (Å²) in [5, 5.41) is 0. The Hall–Kier alpha value is 1.75. The minimum atomic E-state index is 0.385. The first kappa shape index (κ1) is 11.8. The highest BCUT2D eigenvalue weighted by Crippen LogP contribution is 2.80. The van der Waals surface area contributed by atoms with Crippen molar-refractivity contribution >= 4 is 59.7 Å². The van der Waals surface area contributed by atoms with Gasteiger partial charge in [-0.15, -0.1) is 47.0 Å². The Morgan fingerprint density at radius 1 is 0.867 bits per heavy atom. The molecule has 4 heterocycles. The average molecular weight is 297 g/mol. The number of thiol groups is 1. The van der Waals surface area contributed by atoms with E-state index in [0.29, 0.717) is 16.3 Å². The van der Waals surface area contributed by atoms with E-state index in [0.717, 1.165) is 5.75 Å². The zero-order valence-corrected chi connectivity index (χ0v) is 13.4. The van der Waals surface area contributed by atoms with Gasteiger partial charge in [0.15, 0.2) is 0 Å². The molecular weight excluding hydrogens is 280 g/mol. The van der Waals surface area contributed by atoms with Crippen LogP contribution in [-0.4, -0.2) is 22.1 Å². The Labute approximate surface area is 115 Å². The first-order valence-electron chi connectivity index (χ1n) is 5.22. The van der Waals surface area contributed by atoms with E-state index < -0.39 is 0 Å². The van der Waals surface area contributed by atoms with Gasteiger partial charge in [-0.1, -0.05) is 0 Å². The van der Waals surface area contributed by atoms with Crippen LogP contribution in [0.3, 0.4) is 0 Å². The van der Waals surface area contributed by atoms with Crippen molar-refractivity contribution in [1.29, 1.82) is 0 Å². The summed E-state index contributed by atoms with van der Waals surface area (Å²) in [5.74, 6) is 1.02.